The number of hydrogen-bond acceptors (Lipinski definition) is 3. The third-order valence-electron chi connectivity index (χ3n) is 3.13. The van der Waals surface area contributed by atoms with Gasteiger partial charge in [-0.2, -0.15) is 0 Å². The van der Waals surface area contributed by atoms with Crippen molar-refractivity contribution in [2.75, 3.05) is 0 Å². The number of amides is 1. The number of hydrogen-bond donors (Lipinski definition) is 1. The van der Waals surface area contributed by atoms with E-state index in [0.29, 0.717) is 0 Å². The van der Waals surface area contributed by atoms with Gasteiger partial charge in [-0.1, -0.05) is 31.2 Å². The van der Waals surface area contributed by atoms with Crippen LogP contribution in [-0.2, 0) is 11.2 Å². The number of para-hydroxylation sites is 1. The second-order valence-electron chi connectivity index (χ2n) is 4.91. The fraction of sp³-hybridized carbons (Fsp3) is 0.176. The SMILES string of the molecule is CC(Cc1ccc(Br)s1)C(N)=O.c1ccc2ncccc2c1. The van der Waals surface area contributed by atoms with Gasteiger partial charge in [0.1, 0.15) is 0 Å². The van der Waals surface area contributed by atoms with Crippen molar-refractivity contribution in [1.29, 1.82) is 0 Å². The Morgan fingerprint density at radius 3 is 2.59 bits per heavy atom. The van der Waals surface area contributed by atoms with Gasteiger partial charge < -0.3 is 5.73 Å². The Morgan fingerprint density at radius 2 is 1.95 bits per heavy atom. The maximum atomic E-state index is 10.7. The molecule has 0 radical (unpaired) electrons. The van der Waals surface area contributed by atoms with Crippen molar-refractivity contribution < 1.29 is 4.79 Å². The first-order valence-corrected chi connectivity index (χ1v) is 8.50. The lowest BCUT2D eigenvalue weighted by Gasteiger charge is -2.03. The first-order chi connectivity index (χ1) is 10.6. The molecular formula is C17H17BrN2OS. The van der Waals surface area contributed by atoms with Gasteiger partial charge >= 0.3 is 0 Å². The minimum atomic E-state index is -0.237. The molecule has 0 saturated carbocycles. The summed E-state index contributed by atoms with van der Waals surface area (Å²) in [4.78, 5) is 16.1. The Balaban J connectivity index is 0.000000162. The molecule has 0 bridgehead atoms. The van der Waals surface area contributed by atoms with E-state index in [1.165, 1.54) is 10.3 Å². The lowest BCUT2D eigenvalue weighted by Crippen LogP contribution is -2.21. The largest absolute Gasteiger partial charge is 0.369 e. The molecule has 2 N–H and O–H groups in total. The van der Waals surface area contributed by atoms with Gasteiger partial charge in [-0.05, 0) is 46.6 Å². The second kappa shape index (κ2) is 8.06. The Morgan fingerprint density at radius 1 is 1.23 bits per heavy atom. The molecule has 0 fully saturated rings. The number of nitrogens with two attached hydrogens (primary N) is 1. The molecule has 1 aromatic carbocycles. The Hall–Kier alpha value is -1.72. The number of pyridine rings is 1. The number of halogens is 1. The summed E-state index contributed by atoms with van der Waals surface area (Å²) in [5.41, 5.74) is 6.20. The third-order valence-corrected chi connectivity index (χ3v) is 4.78. The second-order valence-corrected chi connectivity index (χ2v) is 7.46. The first kappa shape index (κ1) is 16.6. The average Bonchev–Trinajstić information content (AvgIpc) is 2.93. The first-order valence-electron chi connectivity index (χ1n) is 6.89. The molecule has 5 heteroatoms. The monoisotopic (exact) mass is 376 g/mol. The van der Waals surface area contributed by atoms with Crippen LogP contribution in [0.25, 0.3) is 10.9 Å². The van der Waals surface area contributed by atoms with Crippen LogP contribution in [0.1, 0.15) is 11.8 Å². The summed E-state index contributed by atoms with van der Waals surface area (Å²) in [5, 5.41) is 1.20. The Bertz CT molecular complexity index is 692. The number of nitrogens with zero attached hydrogens (tertiary/aromatic N) is 1. The zero-order valence-electron chi connectivity index (χ0n) is 12.2. The lowest BCUT2D eigenvalue weighted by molar-refractivity contribution is -0.121. The van der Waals surface area contributed by atoms with Crippen molar-refractivity contribution in [1.82, 2.24) is 4.98 Å². The zero-order chi connectivity index (χ0) is 15.9. The molecule has 1 atom stereocenters. The number of carbonyl (C=O) groups excluding carboxylic acids is 1. The summed E-state index contributed by atoms with van der Waals surface area (Å²) < 4.78 is 1.09. The molecular weight excluding hydrogens is 360 g/mol. The molecule has 3 rings (SSSR count). The number of carbonyl (C=O) groups is 1. The van der Waals surface area contributed by atoms with Crippen molar-refractivity contribution in [2.24, 2.45) is 11.7 Å². The normalized spacial score (nSPS) is 11.5. The van der Waals surface area contributed by atoms with Gasteiger partial charge in [-0.15, -0.1) is 11.3 Å². The van der Waals surface area contributed by atoms with Crippen LogP contribution in [0.2, 0.25) is 0 Å². The van der Waals surface area contributed by atoms with E-state index in [1.54, 1.807) is 11.3 Å². The molecule has 1 amide bonds. The van der Waals surface area contributed by atoms with Gasteiger partial charge in [-0.3, -0.25) is 9.78 Å². The summed E-state index contributed by atoms with van der Waals surface area (Å²) in [7, 11) is 0. The van der Waals surface area contributed by atoms with Crippen LogP contribution in [0.3, 0.4) is 0 Å². The van der Waals surface area contributed by atoms with Crippen LogP contribution in [0, 0.1) is 5.92 Å². The highest BCUT2D eigenvalue weighted by Gasteiger charge is 2.10. The van der Waals surface area contributed by atoms with Crippen molar-refractivity contribution in [3.8, 4) is 0 Å². The van der Waals surface area contributed by atoms with Crippen LogP contribution >= 0.6 is 27.3 Å². The Kier molecular flexibility index (Phi) is 6.10. The molecule has 22 heavy (non-hydrogen) atoms. The average molecular weight is 377 g/mol. The van der Waals surface area contributed by atoms with Crippen molar-refractivity contribution in [2.45, 2.75) is 13.3 Å². The molecule has 0 saturated heterocycles. The maximum absolute atomic E-state index is 10.7. The fourth-order valence-electron chi connectivity index (χ4n) is 1.88. The minimum absolute atomic E-state index is 0.0736. The molecule has 3 nitrogen and oxygen atoms in total. The van der Waals surface area contributed by atoms with Gasteiger partial charge in [0.2, 0.25) is 5.91 Å². The smallest absolute Gasteiger partial charge is 0.220 e. The maximum Gasteiger partial charge on any atom is 0.220 e. The van der Waals surface area contributed by atoms with E-state index < -0.39 is 0 Å². The molecule has 1 unspecified atom stereocenters. The molecule has 2 heterocycles. The fourth-order valence-corrected chi connectivity index (χ4v) is 3.49. The van der Waals surface area contributed by atoms with Gasteiger partial charge in [-0.25, -0.2) is 0 Å². The van der Waals surface area contributed by atoms with Crippen LogP contribution < -0.4 is 5.73 Å². The van der Waals surface area contributed by atoms with E-state index in [-0.39, 0.29) is 11.8 Å². The van der Waals surface area contributed by atoms with Crippen LogP contribution in [0.15, 0.2) is 58.5 Å². The van der Waals surface area contributed by atoms with E-state index in [4.69, 9.17) is 5.73 Å². The summed E-state index contributed by atoms with van der Waals surface area (Å²) in [6.45, 7) is 1.84. The van der Waals surface area contributed by atoms with E-state index in [0.717, 1.165) is 15.7 Å². The number of primary amides is 1. The molecule has 114 valence electrons. The predicted octanol–water partition coefficient (Wildman–Crippen LogP) is 4.41. The molecule has 0 aliphatic rings. The number of thiophene rings is 1. The molecule has 0 spiro atoms. The van der Waals surface area contributed by atoms with E-state index in [1.807, 2.05) is 49.5 Å². The molecule has 2 aromatic heterocycles. The summed E-state index contributed by atoms with van der Waals surface area (Å²) >= 11 is 5.00. The summed E-state index contributed by atoms with van der Waals surface area (Å²) in [5.74, 6) is -0.310. The van der Waals surface area contributed by atoms with Gasteiger partial charge in [0.05, 0.1) is 9.30 Å². The van der Waals surface area contributed by atoms with Crippen molar-refractivity contribution in [3.63, 3.8) is 0 Å². The van der Waals surface area contributed by atoms with Gasteiger partial charge in [0.15, 0.2) is 0 Å². The van der Waals surface area contributed by atoms with Crippen LogP contribution in [0.5, 0.6) is 0 Å². The zero-order valence-corrected chi connectivity index (χ0v) is 14.6. The van der Waals surface area contributed by atoms with Crippen LogP contribution in [0.4, 0.5) is 0 Å². The molecule has 3 aromatic rings. The number of benzene rings is 1. The van der Waals surface area contributed by atoms with E-state index >= 15 is 0 Å². The Labute approximate surface area is 142 Å². The lowest BCUT2D eigenvalue weighted by atomic mass is 10.1. The highest BCUT2D eigenvalue weighted by molar-refractivity contribution is 9.11. The summed E-state index contributed by atoms with van der Waals surface area (Å²) in [6, 6.07) is 16.1. The van der Waals surface area contributed by atoms with E-state index in [9.17, 15) is 4.79 Å². The van der Waals surface area contributed by atoms with Gasteiger partial charge in [0, 0.05) is 22.4 Å². The summed E-state index contributed by atoms with van der Waals surface area (Å²) in [6.07, 6.45) is 2.55. The van der Waals surface area contributed by atoms with Crippen LogP contribution in [-0.4, -0.2) is 10.9 Å². The quantitative estimate of drug-likeness (QED) is 0.735. The highest BCUT2D eigenvalue weighted by atomic mass is 79.9. The van der Waals surface area contributed by atoms with Crippen molar-refractivity contribution in [3.05, 3.63) is 63.4 Å². The standard InChI is InChI=1S/C9H7N.C8H10BrNOS/c1-2-6-9-8(4-1)5-3-7-10-9;1-5(8(10)11)4-6-2-3-7(9)12-6/h1-7H;2-3,5H,4H2,1H3,(H2,10,11). The van der Waals surface area contributed by atoms with E-state index in [2.05, 4.69) is 33.0 Å². The topological polar surface area (TPSA) is 56.0 Å². The molecule has 0 aliphatic carbocycles. The number of fused-ring (bicyclic) bond motifs is 1. The number of aromatic nitrogens is 1. The number of rotatable bonds is 3. The predicted molar refractivity (Wildman–Crippen MR) is 95.8 cm³/mol. The van der Waals surface area contributed by atoms with Gasteiger partial charge in [0.25, 0.3) is 0 Å². The minimum Gasteiger partial charge on any atom is -0.369 e. The highest BCUT2D eigenvalue weighted by Crippen LogP contribution is 2.24. The van der Waals surface area contributed by atoms with Crippen molar-refractivity contribution >= 4 is 44.1 Å². The third kappa shape index (κ3) is 4.93. The molecule has 0 aliphatic heterocycles.